The zero-order valence-corrected chi connectivity index (χ0v) is 11.9. The zero-order chi connectivity index (χ0) is 14.8. The van der Waals surface area contributed by atoms with Crippen LogP contribution in [0, 0.1) is 0 Å². The molecule has 0 aliphatic carbocycles. The largest absolute Gasteiger partial charge is 0.504 e. The third kappa shape index (κ3) is 2.35. The van der Waals surface area contributed by atoms with E-state index in [1.165, 1.54) is 7.11 Å². The van der Waals surface area contributed by atoms with Crippen LogP contribution < -0.4 is 4.74 Å². The number of nitrogens with zero attached hydrogens (tertiary/aromatic N) is 4. The van der Waals surface area contributed by atoms with Gasteiger partial charge < -0.3 is 9.84 Å². The van der Waals surface area contributed by atoms with E-state index < -0.39 is 0 Å². The predicted molar refractivity (Wildman–Crippen MR) is 78.7 cm³/mol. The van der Waals surface area contributed by atoms with Gasteiger partial charge in [0, 0.05) is 30.7 Å². The van der Waals surface area contributed by atoms with Crippen molar-refractivity contribution in [1.29, 1.82) is 0 Å². The number of rotatable bonds is 4. The van der Waals surface area contributed by atoms with Crippen molar-refractivity contribution in [2.75, 3.05) is 7.11 Å². The van der Waals surface area contributed by atoms with E-state index in [4.69, 9.17) is 4.74 Å². The van der Waals surface area contributed by atoms with Gasteiger partial charge in [-0.25, -0.2) is 4.98 Å². The van der Waals surface area contributed by atoms with Crippen LogP contribution in [0.25, 0.3) is 17.1 Å². The van der Waals surface area contributed by atoms with Crippen molar-refractivity contribution >= 4 is 0 Å². The van der Waals surface area contributed by atoms with E-state index in [-0.39, 0.29) is 5.75 Å². The molecule has 0 saturated heterocycles. The average Bonchev–Trinajstić information content (AvgIpc) is 3.16. The molecule has 0 amide bonds. The fourth-order valence-electron chi connectivity index (χ4n) is 2.19. The summed E-state index contributed by atoms with van der Waals surface area (Å²) in [6, 6.07) is 5.17. The molecule has 108 valence electrons. The number of phenolic OH excluding ortho intramolecular Hbond substituents is 1. The highest BCUT2D eigenvalue weighted by molar-refractivity contribution is 5.63. The zero-order valence-electron chi connectivity index (χ0n) is 11.9. The number of aromatic nitrogens is 4. The highest BCUT2D eigenvalue weighted by Crippen LogP contribution is 2.31. The third-order valence-corrected chi connectivity index (χ3v) is 3.30. The Morgan fingerprint density at radius 1 is 1.33 bits per heavy atom. The fraction of sp³-hybridized carbons (Fsp3) is 0.200. The number of phenols is 1. The van der Waals surface area contributed by atoms with Crippen molar-refractivity contribution in [2.24, 2.45) is 0 Å². The lowest BCUT2D eigenvalue weighted by Crippen LogP contribution is -1.96. The van der Waals surface area contributed by atoms with Gasteiger partial charge >= 0.3 is 0 Å². The first-order valence-electron chi connectivity index (χ1n) is 6.66. The molecule has 1 aromatic carbocycles. The van der Waals surface area contributed by atoms with Crippen molar-refractivity contribution < 1.29 is 9.84 Å². The molecule has 0 aliphatic rings. The molecule has 0 bridgehead atoms. The molecular formula is C15H16N4O2. The molecule has 3 aromatic rings. The Bertz CT molecular complexity index is 761. The highest BCUT2D eigenvalue weighted by Gasteiger charge is 2.11. The summed E-state index contributed by atoms with van der Waals surface area (Å²) in [7, 11) is 1.52. The molecular weight excluding hydrogens is 268 g/mol. The lowest BCUT2D eigenvalue weighted by atomic mass is 10.2. The number of benzene rings is 1. The number of aryl methyl sites for hydroxylation is 1. The second kappa shape index (κ2) is 5.32. The van der Waals surface area contributed by atoms with Gasteiger partial charge in [0.1, 0.15) is 5.82 Å². The Labute approximate surface area is 122 Å². The molecule has 0 radical (unpaired) electrons. The summed E-state index contributed by atoms with van der Waals surface area (Å²) in [5, 5.41) is 14.0. The second-order valence-electron chi connectivity index (χ2n) is 4.56. The molecule has 0 atom stereocenters. The molecule has 1 N–H and O–H groups in total. The van der Waals surface area contributed by atoms with Gasteiger partial charge in [0.05, 0.1) is 19.0 Å². The van der Waals surface area contributed by atoms with Gasteiger partial charge in [-0.2, -0.15) is 5.10 Å². The van der Waals surface area contributed by atoms with Gasteiger partial charge in [-0.3, -0.25) is 9.25 Å². The molecule has 0 unspecified atom stereocenters. The van der Waals surface area contributed by atoms with Gasteiger partial charge in [0.25, 0.3) is 0 Å². The van der Waals surface area contributed by atoms with Gasteiger partial charge in [-0.1, -0.05) is 0 Å². The van der Waals surface area contributed by atoms with Crippen LogP contribution in [0.5, 0.6) is 11.5 Å². The molecule has 2 aromatic heterocycles. The summed E-state index contributed by atoms with van der Waals surface area (Å²) >= 11 is 0. The number of aromatic hydroxyl groups is 1. The SMILES string of the molecule is CCn1cc(-n2ccnc2-c2ccc(O)c(OC)c2)cn1. The van der Waals surface area contributed by atoms with Crippen molar-refractivity contribution in [3.05, 3.63) is 43.0 Å². The molecule has 6 heteroatoms. The standard InChI is InChI=1S/C15H16N4O2/c1-3-18-10-12(9-17-18)19-7-6-16-15(19)11-4-5-13(20)14(8-11)21-2/h4-10,20H,3H2,1-2H3. The van der Waals surface area contributed by atoms with Gasteiger partial charge in [0.2, 0.25) is 0 Å². The van der Waals surface area contributed by atoms with Crippen LogP contribution >= 0.6 is 0 Å². The first kappa shape index (κ1) is 13.2. The fourth-order valence-corrected chi connectivity index (χ4v) is 2.19. The summed E-state index contributed by atoms with van der Waals surface area (Å²) < 4.78 is 8.95. The number of imidazole rings is 1. The maximum absolute atomic E-state index is 9.69. The van der Waals surface area contributed by atoms with Gasteiger partial charge in [0.15, 0.2) is 11.5 Å². The Morgan fingerprint density at radius 3 is 2.90 bits per heavy atom. The van der Waals surface area contributed by atoms with Gasteiger partial charge in [-0.05, 0) is 25.1 Å². The normalized spacial score (nSPS) is 10.8. The number of hydrogen-bond acceptors (Lipinski definition) is 4. The monoisotopic (exact) mass is 284 g/mol. The molecule has 0 fully saturated rings. The Morgan fingerprint density at radius 2 is 2.19 bits per heavy atom. The van der Waals surface area contributed by atoms with E-state index in [0.717, 1.165) is 23.6 Å². The summed E-state index contributed by atoms with van der Waals surface area (Å²) in [5.74, 6) is 1.30. The molecule has 0 saturated carbocycles. The number of ether oxygens (including phenoxy) is 1. The van der Waals surface area contributed by atoms with Crippen LogP contribution in [0.1, 0.15) is 6.92 Å². The molecule has 0 aliphatic heterocycles. The topological polar surface area (TPSA) is 65.1 Å². The minimum Gasteiger partial charge on any atom is -0.504 e. The van der Waals surface area contributed by atoms with Gasteiger partial charge in [-0.15, -0.1) is 0 Å². The smallest absolute Gasteiger partial charge is 0.161 e. The maximum atomic E-state index is 9.69. The minimum atomic E-state index is 0.109. The molecule has 6 nitrogen and oxygen atoms in total. The molecule has 2 heterocycles. The summed E-state index contributed by atoms with van der Waals surface area (Å²) in [4.78, 5) is 4.39. The van der Waals surface area contributed by atoms with Crippen LogP contribution in [-0.4, -0.2) is 31.5 Å². The third-order valence-electron chi connectivity index (χ3n) is 3.30. The Balaban J connectivity index is 2.06. The quantitative estimate of drug-likeness (QED) is 0.799. The number of hydrogen-bond donors (Lipinski definition) is 1. The first-order valence-corrected chi connectivity index (χ1v) is 6.66. The van der Waals surface area contributed by atoms with Crippen molar-refractivity contribution in [3.8, 4) is 28.6 Å². The minimum absolute atomic E-state index is 0.109. The van der Waals surface area contributed by atoms with Crippen LogP contribution in [0.4, 0.5) is 0 Å². The molecule has 0 spiro atoms. The average molecular weight is 284 g/mol. The first-order chi connectivity index (χ1) is 10.2. The summed E-state index contributed by atoms with van der Waals surface area (Å²) in [6.07, 6.45) is 7.37. The highest BCUT2D eigenvalue weighted by atomic mass is 16.5. The van der Waals surface area contributed by atoms with Crippen LogP contribution in [0.2, 0.25) is 0 Å². The lowest BCUT2D eigenvalue weighted by molar-refractivity contribution is 0.373. The Hall–Kier alpha value is -2.76. The summed E-state index contributed by atoms with van der Waals surface area (Å²) in [6.45, 7) is 2.85. The molecule has 21 heavy (non-hydrogen) atoms. The number of methoxy groups -OCH3 is 1. The second-order valence-corrected chi connectivity index (χ2v) is 4.56. The lowest BCUT2D eigenvalue weighted by Gasteiger charge is -2.08. The maximum Gasteiger partial charge on any atom is 0.161 e. The van der Waals surface area contributed by atoms with E-state index >= 15 is 0 Å². The van der Waals surface area contributed by atoms with Crippen molar-refractivity contribution in [1.82, 2.24) is 19.3 Å². The summed E-state index contributed by atoms with van der Waals surface area (Å²) in [5.41, 5.74) is 1.80. The van der Waals surface area contributed by atoms with Crippen LogP contribution in [-0.2, 0) is 6.54 Å². The van der Waals surface area contributed by atoms with E-state index in [2.05, 4.69) is 10.1 Å². The van der Waals surface area contributed by atoms with Crippen molar-refractivity contribution in [3.63, 3.8) is 0 Å². The molecule has 3 rings (SSSR count). The Kier molecular flexibility index (Phi) is 3.35. The van der Waals surface area contributed by atoms with E-state index in [1.807, 2.05) is 28.6 Å². The van der Waals surface area contributed by atoms with Crippen LogP contribution in [0.15, 0.2) is 43.0 Å². The van der Waals surface area contributed by atoms with E-state index in [1.54, 1.807) is 30.6 Å². The van der Waals surface area contributed by atoms with Crippen molar-refractivity contribution in [2.45, 2.75) is 13.5 Å². The predicted octanol–water partition coefficient (Wildman–Crippen LogP) is 2.47. The van der Waals surface area contributed by atoms with E-state index in [0.29, 0.717) is 5.75 Å². The van der Waals surface area contributed by atoms with E-state index in [9.17, 15) is 5.11 Å². The van der Waals surface area contributed by atoms with Crippen LogP contribution in [0.3, 0.4) is 0 Å².